The molecule has 1 atom stereocenters. The maximum atomic E-state index is 11.5. The predicted molar refractivity (Wildman–Crippen MR) is 84.3 cm³/mol. The molecule has 110 valence electrons. The number of carbonyl (C=O) groups excluding carboxylic acids is 1. The smallest absolute Gasteiger partial charge is 0.119 e. The van der Waals surface area contributed by atoms with Crippen molar-refractivity contribution in [1.29, 1.82) is 0 Å². The van der Waals surface area contributed by atoms with Gasteiger partial charge in [0.1, 0.15) is 5.03 Å². The van der Waals surface area contributed by atoms with Crippen LogP contribution in [0.1, 0.15) is 16.5 Å². The van der Waals surface area contributed by atoms with E-state index in [1.807, 2.05) is 49.4 Å². The summed E-state index contributed by atoms with van der Waals surface area (Å²) in [5.41, 5.74) is 2.95. The Hall–Kier alpha value is -2.40. The topological polar surface area (TPSA) is 65.9 Å². The van der Waals surface area contributed by atoms with Crippen molar-refractivity contribution in [3.05, 3.63) is 65.9 Å². The van der Waals surface area contributed by atoms with Crippen LogP contribution in [0.5, 0.6) is 0 Å². The number of para-hydroxylation sites is 2. The van der Waals surface area contributed by atoms with E-state index in [1.165, 1.54) is 0 Å². The molecule has 5 heteroatoms. The number of aromatic nitrogens is 2. The van der Waals surface area contributed by atoms with Crippen molar-refractivity contribution in [1.82, 2.24) is 9.97 Å². The Morgan fingerprint density at radius 1 is 1.00 bits per heavy atom. The molecule has 1 heterocycles. The highest BCUT2D eigenvalue weighted by Gasteiger charge is 2.17. The average Bonchev–Trinajstić information content (AvgIpc) is 2.53. The maximum Gasteiger partial charge on any atom is 0.119 e. The Morgan fingerprint density at radius 3 is 2.23 bits per heavy atom. The van der Waals surface area contributed by atoms with E-state index in [4.69, 9.17) is 0 Å². The second kappa shape index (κ2) is 6.15. The van der Waals surface area contributed by atoms with Crippen LogP contribution in [0.4, 0.5) is 0 Å². The summed E-state index contributed by atoms with van der Waals surface area (Å²) < 4.78 is 0. The van der Waals surface area contributed by atoms with E-state index in [1.54, 1.807) is 12.1 Å². The number of carbonyl (C=O) groups is 1. The maximum absolute atomic E-state index is 11.5. The van der Waals surface area contributed by atoms with Gasteiger partial charge in [0.2, 0.25) is 0 Å². The fourth-order valence-corrected chi connectivity index (χ4v) is 3.16. The van der Waals surface area contributed by atoms with Gasteiger partial charge in [-0.2, -0.15) is 0 Å². The third-order valence-corrected chi connectivity index (χ3v) is 4.56. The van der Waals surface area contributed by atoms with Crippen LogP contribution < -0.4 is 5.11 Å². The van der Waals surface area contributed by atoms with Crippen molar-refractivity contribution in [2.45, 2.75) is 17.2 Å². The van der Waals surface area contributed by atoms with E-state index in [-0.39, 0.29) is 0 Å². The van der Waals surface area contributed by atoms with Crippen LogP contribution in [0, 0.1) is 6.92 Å². The molecule has 0 fully saturated rings. The molecule has 3 rings (SSSR count). The Labute approximate surface area is 132 Å². The zero-order valence-corrected chi connectivity index (χ0v) is 12.7. The summed E-state index contributed by atoms with van der Waals surface area (Å²) >= 11 is 1.16. The first-order chi connectivity index (χ1) is 10.6. The zero-order chi connectivity index (χ0) is 15.5. The largest absolute Gasteiger partial charge is 0.549 e. The fourth-order valence-electron chi connectivity index (χ4n) is 2.18. The molecular weight excluding hydrogens is 296 g/mol. The van der Waals surface area contributed by atoms with Gasteiger partial charge in [-0.1, -0.05) is 54.2 Å². The Balaban J connectivity index is 2.00. The van der Waals surface area contributed by atoms with Crippen molar-refractivity contribution in [2.75, 3.05) is 0 Å². The standard InChI is InChI=1S/C17H14N2O2S/c1-11-16(19-14-10-6-5-9-13(14)18-11)22-15(17(20)21)12-7-3-2-4-8-12/h2-10,15H,1H3,(H,20,21)/p-1/t15-/m0/s1. The monoisotopic (exact) mass is 309 g/mol. The lowest BCUT2D eigenvalue weighted by atomic mass is 10.1. The van der Waals surface area contributed by atoms with Gasteiger partial charge in [0.25, 0.3) is 0 Å². The summed E-state index contributed by atoms with van der Waals surface area (Å²) in [6.45, 7) is 1.83. The minimum atomic E-state index is -1.13. The zero-order valence-electron chi connectivity index (χ0n) is 11.9. The number of hydrogen-bond donors (Lipinski definition) is 0. The Kier molecular flexibility index (Phi) is 4.06. The second-order valence-corrected chi connectivity index (χ2v) is 5.92. The fraction of sp³-hybridized carbons (Fsp3) is 0.118. The molecule has 0 spiro atoms. The summed E-state index contributed by atoms with van der Waals surface area (Å²) in [6, 6.07) is 16.6. The molecule has 0 bridgehead atoms. The van der Waals surface area contributed by atoms with E-state index < -0.39 is 11.2 Å². The molecule has 0 saturated carbocycles. The minimum Gasteiger partial charge on any atom is -0.549 e. The van der Waals surface area contributed by atoms with Gasteiger partial charge < -0.3 is 9.90 Å². The van der Waals surface area contributed by atoms with Gasteiger partial charge in [-0.05, 0) is 24.6 Å². The third-order valence-electron chi connectivity index (χ3n) is 3.25. The minimum absolute atomic E-state index is 0.608. The van der Waals surface area contributed by atoms with Gasteiger partial charge in [0.05, 0.1) is 27.9 Å². The summed E-state index contributed by atoms with van der Waals surface area (Å²) in [5.74, 6) is -1.13. The van der Waals surface area contributed by atoms with Crippen LogP contribution in [0.2, 0.25) is 0 Å². The number of aryl methyl sites for hydroxylation is 1. The molecule has 3 aromatic rings. The van der Waals surface area contributed by atoms with E-state index in [2.05, 4.69) is 9.97 Å². The van der Waals surface area contributed by atoms with Crippen LogP contribution in [0.25, 0.3) is 11.0 Å². The second-order valence-electron chi connectivity index (χ2n) is 4.83. The number of carboxylic acid groups (broad SMARTS) is 1. The van der Waals surface area contributed by atoms with Crippen molar-refractivity contribution in [3.63, 3.8) is 0 Å². The number of carboxylic acids is 1. The van der Waals surface area contributed by atoms with Crippen LogP contribution in [-0.2, 0) is 4.79 Å². The molecular formula is C17H13N2O2S-. The number of benzene rings is 2. The van der Waals surface area contributed by atoms with Crippen molar-refractivity contribution < 1.29 is 9.90 Å². The first-order valence-corrected chi connectivity index (χ1v) is 7.69. The van der Waals surface area contributed by atoms with Gasteiger partial charge in [-0.25, -0.2) is 9.97 Å². The molecule has 2 aromatic carbocycles. The molecule has 4 nitrogen and oxygen atoms in total. The average molecular weight is 309 g/mol. The summed E-state index contributed by atoms with van der Waals surface area (Å²) in [7, 11) is 0. The molecule has 0 saturated heterocycles. The third kappa shape index (κ3) is 2.94. The first-order valence-electron chi connectivity index (χ1n) is 6.81. The van der Waals surface area contributed by atoms with E-state index in [0.717, 1.165) is 22.8 Å². The highest BCUT2D eigenvalue weighted by Crippen LogP contribution is 2.35. The van der Waals surface area contributed by atoms with Crippen molar-refractivity contribution in [3.8, 4) is 0 Å². The lowest BCUT2D eigenvalue weighted by Crippen LogP contribution is -2.28. The molecule has 0 aliphatic rings. The lowest BCUT2D eigenvalue weighted by molar-refractivity contribution is -0.305. The number of thioether (sulfide) groups is 1. The quantitative estimate of drug-likeness (QED) is 0.693. The summed E-state index contributed by atoms with van der Waals surface area (Å²) in [5, 5.41) is 11.3. The molecule has 1 aromatic heterocycles. The van der Waals surface area contributed by atoms with Gasteiger partial charge in [0.15, 0.2) is 0 Å². The van der Waals surface area contributed by atoms with Crippen LogP contribution in [0.3, 0.4) is 0 Å². The highest BCUT2D eigenvalue weighted by molar-refractivity contribution is 8.00. The number of hydrogen-bond acceptors (Lipinski definition) is 5. The lowest BCUT2D eigenvalue weighted by Gasteiger charge is -2.18. The van der Waals surface area contributed by atoms with Crippen LogP contribution >= 0.6 is 11.8 Å². The van der Waals surface area contributed by atoms with E-state index in [0.29, 0.717) is 16.3 Å². The summed E-state index contributed by atoms with van der Waals surface area (Å²) in [6.07, 6.45) is 0. The molecule has 0 N–H and O–H groups in total. The van der Waals surface area contributed by atoms with E-state index >= 15 is 0 Å². The van der Waals surface area contributed by atoms with Gasteiger partial charge >= 0.3 is 0 Å². The number of nitrogens with zero attached hydrogens (tertiary/aromatic N) is 2. The number of fused-ring (bicyclic) bond motifs is 1. The van der Waals surface area contributed by atoms with Crippen molar-refractivity contribution in [2.24, 2.45) is 0 Å². The molecule has 0 unspecified atom stereocenters. The van der Waals surface area contributed by atoms with Crippen LogP contribution in [0.15, 0.2) is 59.6 Å². The Bertz CT molecular complexity index is 821. The summed E-state index contributed by atoms with van der Waals surface area (Å²) in [4.78, 5) is 20.5. The van der Waals surface area contributed by atoms with Gasteiger partial charge in [0, 0.05) is 0 Å². The molecule has 0 aliphatic carbocycles. The number of aliphatic carboxylic acids is 1. The normalized spacial score (nSPS) is 12.2. The highest BCUT2D eigenvalue weighted by atomic mass is 32.2. The molecule has 22 heavy (non-hydrogen) atoms. The number of rotatable bonds is 4. The van der Waals surface area contributed by atoms with Gasteiger partial charge in [-0.15, -0.1) is 0 Å². The molecule has 0 radical (unpaired) electrons. The van der Waals surface area contributed by atoms with Gasteiger partial charge in [-0.3, -0.25) is 0 Å². The Morgan fingerprint density at radius 2 is 1.59 bits per heavy atom. The predicted octanol–water partition coefficient (Wildman–Crippen LogP) is 2.52. The van der Waals surface area contributed by atoms with Crippen molar-refractivity contribution >= 4 is 28.8 Å². The molecule has 0 amide bonds. The van der Waals surface area contributed by atoms with E-state index in [9.17, 15) is 9.90 Å². The SMILES string of the molecule is Cc1nc2ccccc2nc1S[C@H](C(=O)[O-])c1ccccc1. The molecule has 0 aliphatic heterocycles. The first kappa shape index (κ1) is 14.5. The van der Waals surface area contributed by atoms with Crippen LogP contribution in [-0.4, -0.2) is 15.9 Å².